The summed E-state index contributed by atoms with van der Waals surface area (Å²) in [7, 11) is 0. The minimum absolute atomic E-state index is 0.230. The number of hydrogen-bond acceptors (Lipinski definition) is 5. The highest BCUT2D eigenvalue weighted by atomic mass is 32.2. The lowest BCUT2D eigenvalue weighted by Crippen LogP contribution is -2.35. The summed E-state index contributed by atoms with van der Waals surface area (Å²) in [5, 5.41) is 11.2. The van der Waals surface area contributed by atoms with Gasteiger partial charge in [0.05, 0.1) is 30.5 Å². The van der Waals surface area contributed by atoms with E-state index < -0.39 is 6.10 Å². The number of aliphatic hydroxyl groups is 1. The first-order chi connectivity index (χ1) is 18.8. The van der Waals surface area contributed by atoms with Crippen molar-refractivity contribution in [1.29, 1.82) is 0 Å². The predicted octanol–water partition coefficient (Wildman–Crippen LogP) is 7.73. The van der Waals surface area contributed by atoms with Crippen molar-refractivity contribution in [3.8, 4) is 0 Å². The molecule has 4 rings (SSSR count). The molecule has 3 nitrogen and oxygen atoms in total. The fraction of sp³-hybridized carbons (Fsp3) is 0.273. The van der Waals surface area contributed by atoms with Crippen LogP contribution in [0, 0.1) is 0 Å². The van der Waals surface area contributed by atoms with Gasteiger partial charge in [-0.05, 0) is 28.7 Å². The molecule has 5 heteroatoms. The molecule has 0 fully saturated rings. The first kappa shape index (κ1) is 28.5. The fourth-order valence-electron chi connectivity index (χ4n) is 3.99. The largest absolute Gasteiger partial charge is 0.388 e. The first-order valence-electron chi connectivity index (χ1n) is 13.0. The van der Waals surface area contributed by atoms with Crippen LogP contribution in [-0.4, -0.2) is 28.5 Å². The van der Waals surface area contributed by atoms with Crippen LogP contribution in [0.15, 0.2) is 121 Å². The van der Waals surface area contributed by atoms with Gasteiger partial charge in [0.15, 0.2) is 0 Å². The van der Waals surface area contributed by atoms with Gasteiger partial charge in [0.1, 0.15) is 6.10 Å². The molecule has 0 aliphatic carbocycles. The van der Waals surface area contributed by atoms with E-state index in [1.807, 2.05) is 72.1 Å². The minimum Gasteiger partial charge on any atom is -0.388 e. The van der Waals surface area contributed by atoms with Gasteiger partial charge < -0.3 is 14.6 Å². The van der Waals surface area contributed by atoms with Gasteiger partial charge in [-0.1, -0.05) is 121 Å². The van der Waals surface area contributed by atoms with Crippen LogP contribution in [-0.2, 0) is 34.2 Å². The summed E-state index contributed by atoms with van der Waals surface area (Å²) in [4.78, 5) is 0. The third-order valence-corrected chi connectivity index (χ3v) is 9.06. The van der Waals surface area contributed by atoms with E-state index in [0.29, 0.717) is 13.2 Å². The SMILES string of the molecule is O[C@H](COCc1ccccc1)[C@@H](CC(SCc1ccccc1)SCc1ccccc1)OCc1ccccc1. The van der Waals surface area contributed by atoms with Crippen LogP contribution in [0.25, 0.3) is 0 Å². The highest BCUT2D eigenvalue weighted by Crippen LogP contribution is 2.34. The topological polar surface area (TPSA) is 38.7 Å². The third-order valence-electron chi connectivity index (χ3n) is 6.12. The highest BCUT2D eigenvalue weighted by Gasteiger charge is 2.25. The van der Waals surface area contributed by atoms with E-state index in [2.05, 4.69) is 72.8 Å². The van der Waals surface area contributed by atoms with Crippen molar-refractivity contribution in [2.24, 2.45) is 0 Å². The van der Waals surface area contributed by atoms with Crippen molar-refractivity contribution in [1.82, 2.24) is 0 Å². The van der Waals surface area contributed by atoms with Crippen LogP contribution in [0.3, 0.4) is 0 Å². The van der Waals surface area contributed by atoms with Gasteiger partial charge in [-0.2, -0.15) is 0 Å². The summed E-state index contributed by atoms with van der Waals surface area (Å²) >= 11 is 3.83. The Hall–Kier alpha value is -2.54. The molecule has 0 amide bonds. The molecule has 0 aliphatic heterocycles. The zero-order valence-corrected chi connectivity index (χ0v) is 23.2. The number of thioether (sulfide) groups is 2. The smallest absolute Gasteiger partial charge is 0.104 e. The molecule has 0 spiro atoms. The Bertz CT molecular complexity index is 1100. The van der Waals surface area contributed by atoms with Gasteiger partial charge in [0, 0.05) is 11.5 Å². The quantitative estimate of drug-likeness (QED) is 0.146. The molecule has 1 N–H and O–H groups in total. The lowest BCUT2D eigenvalue weighted by atomic mass is 10.1. The Morgan fingerprint density at radius 2 is 0.974 bits per heavy atom. The Kier molecular flexibility index (Phi) is 12.3. The van der Waals surface area contributed by atoms with E-state index in [-0.39, 0.29) is 17.3 Å². The second-order valence-corrected chi connectivity index (χ2v) is 11.8. The van der Waals surface area contributed by atoms with E-state index in [1.54, 1.807) is 0 Å². The van der Waals surface area contributed by atoms with Crippen molar-refractivity contribution in [3.63, 3.8) is 0 Å². The summed E-state index contributed by atoms with van der Waals surface area (Å²) in [6.07, 6.45) is -0.348. The molecule has 4 aromatic carbocycles. The van der Waals surface area contributed by atoms with Crippen LogP contribution in [0.1, 0.15) is 28.7 Å². The molecular formula is C33H36O3S2. The Labute approximate surface area is 235 Å². The van der Waals surface area contributed by atoms with Crippen LogP contribution in [0.2, 0.25) is 0 Å². The molecule has 0 bridgehead atoms. The number of aliphatic hydroxyl groups excluding tert-OH is 1. The van der Waals surface area contributed by atoms with Gasteiger partial charge in [-0.15, -0.1) is 23.5 Å². The van der Waals surface area contributed by atoms with Crippen LogP contribution >= 0.6 is 23.5 Å². The molecule has 198 valence electrons. The zero-order chi connectivity index (χ0) is 26.3. The standard InChI is InChI=1S/C33H36O3S2/c34-31(24-35-22-27-13-5-1-6-14-27)32(36-23-28-15-7-2-8-16-28)21-33(37-25-29-17-9-3-10-18-29)38-26-30-19-11-4-12-20-30/h1-20,31-34H,21-26H2/t31-,32-/m1/s1. The van der Waals surface area contributed by atoms with E-state index in [0.717, 1.165) is 29.1 Å². The lowest BCUT2D eigenvalue weighted by Gasteiger charge is -2.27. The molecule has 0 aliphatic rings. The van der Waals surface area contributed by atoms with Crippen molar-refractivity contribution >= 4 is 23.5 Å². The molecular weight excluding hydrogens is 508 g/mol. The summed E-state index contributed by atoms with van der Waals surface area (Å²) in [6, 6.07) is 41.3. The molecule has 0 aromatic heterocycles. The monoisotopic (exact) mass is 544 g/mol. The van der Waals surface area contributed by atoms with E-state index in [4.69, 9.17) is 9.47 Å². The van der Waals surface area contributed by atoms with E-state index in [1.165, 1.54) is 11.1 Å². The molecule has 0 saturated carbocycles. The number of ether oxygens (including phenoxy) is 2. The van der Waals surface area contributed by atoms with Crippen molar-refractivity contribution in [2.75, 3.05) is 6.61 Å². The zero-order valence-electron chi connectivity index (χ0n) is 21.6. The van der Waals surface area contributed by atoms with Crippen LogP contribution in [0.5, 0.6) is 0 Å². The summed E-state index contributed by atoms with van der Waals surface area (Å²) in [5.74, 6) is 1.83. The molecule has 38 heavy (non-hydrogen) atoms. The average Bonchev–Trinajstić information content (AvgIpc) is 2.98. The lowest BCUT2D eigenvalue weighted by molar-refractivity contribution is -0.0819. The maximum absolute atomic E-state index is 11.2. The third kappa shape index (κ3) is 10.3. The van der Waals surface area contributed by atoms with Crippen LogP contribution in [0.4, 0.5) is 0 Å². The molecule has 2 atom stereocenters. The summed E-state index contributed by atoms with van der Waals surface area (Å²) in [6.45, 7) is 1.16. The maximum atomic E-state index is 11.2. The molecule has 4 aromatic rings. The Morgan fingerprint density at radius 3 is 1.45 bits per heavy atom. The van der Waals surface area contributed by atoms with Crippen LogP contribution < -0.4 is 0 Å². The van der Waals surface area contributed by atoms with E-state index in [9.17, 15) is 5.11 Å². The van der Waals surface area contributed by atoms with E-state index >= 15 is 0 Å². The summed E-state index contributed by atoms with van der Waals surface area (Å²) in [5.41, 5.74) is 4.80. The van der Waals surface area contributed by atoms with Gasteiger partial charge in [0.25, 0.3) is 0 Å². The van der Waals surface area contributed by atoms with Crippen molar-refractivity contribution in [2.45, 2.75) is 47.9 Å². The normalized spacial score (nSPS) is 12.9. The Balaban J connectivity index is 1.41. The van der Waals surface area contributed by atoms with Gasteiger partial charge in [-0.25, -0.2) is 0 Å². The fourth-order valence-corrected chi connectivity index (χ4v) is 6.58. The average molecular weight is 545 g/mol. The number of benzene rings is 4. The predicted molar refractivity (Wildman–Crippen MR) is 161 cm³/mol. The molecule has 0 heterocycles. The van der Waals surface area contributed by atoms with Crippen molar-refractivity contribution < 1.29 is 14.6 Å². The second-order valence-electron chi connectivity index (χ2n) is 9.16. The minimum atomic E-state index is -0.723. The molecule has 0 saturated heterocycles. The molecule has 0 unspecified atom stereocenters. The molecule has 0 radical (unpaired) electrons. The van der Waals surface area contributed by atoms with Gasteiger partial charge in [0.2, 0.25) is 0 Å². The maximum Gasteiger partial charge on any atom is 0.104 e. The summed E-state index contributed by atoms with van der Waals surface area (Å²) < 4.78 is 12.5. The highest BCUT2D eigenvalue weighted by molar-refractivity contribution is 8.16. The van der Waals surface area contributed by atoms with Gasteiger partial charge >= 0.3 is 0 Å². The Morgan fingerprint density at radius 1 is 0.553 bits per heavy atom. The van der Waals surface area contributed by atoms with Gasteiger partial charge in [-0.3, -0.25) is 0 Å². The number of hydrogen-bond donors (Lipinski definition) is 1. The number of rotatable bonds is 16. The second kappa shape index (κ2) is 16.4. The first-order valence-corrected chi connectivity index (χ1v) is 15.1. The van der Waals surface area contributed by atoms with Crippen molar-refractivity contribution in [3.05, 3.63) is 144 Å².